The summed E-state index contributed by atoms with van der Waals surface area (Å²) < 4.78 is 4.78. The molecule has 1 aromatic carbocycles. The predicted molar refractivity (Wildman–Crippen MR) is 89.0 cm³/mol. The van der Waals surface area contributed by atoms with Gasteiger partial charge in [-0.3, -0.25) is 4.79 Å². The van der Waals surface area contributed by atoms with E-state index in [4.69, 9.17) is 4.74 Å². The van der Waals surface area contributed by atoms with Crippen LogP contribution in [0.25, 0.3) is 0 Å². The van der Waals surface area contributed by atoms with Crippen LogP contribution in [0, 0.1) is 0 Å². The fourth-order valence-electron chi connectivity index (χ4n) is 2.10. The second kappa shape index (κ2) is 8.87. The maximum Gasteiger partial charge on any atom is 0.330 e. The summed E-state index contributed by atoms with van der Waals surface area (Å²) in [6.07, 6.45) is 2.83. The van der Waals surface area contributed by atoms with Crippen molar-refractivity contribution < 1.29 is 14.3 Å². The minimum absolute atomic E-state index is 0.294. The van der Waals surface area contributed by atoms with Crippen molar-refractivity contribution in [1.82, 2.24) is 0 Å². The number of allylic oxidation sites excluding steroid dienone is 1. The molecule has 5 heteroatoms. The number of carbonyl (C=O) groups excluding carboxylic acids is 2. The number of hydrogen-bond donors (Lipinski definition) is 1. The maximum absolute atomic E-state index is 11.7. The molecule has 0 aliphatic carbocycles. The Hall–Kier alpha value is -2.30. The molecule has 0 radical (unpaired) electrons. The van der Waals surface area contributed by atoms with Crippen LogP contribution in [0.15, 0.2) is 36.4 Å². The van der Waals surface area contributed by atoms with Crippen molar-refractivity contribution in [2.45, 2.75) is 33.7 Å². The van der Waals surface area contributed by atoms with E-state index < -0.39 is 5.97 Å². The number of hydrogen-bond acceptors (Lipinski definition) is 4. The lowest BCUT2D eigenvalue weighted by Crippen LogP contribution is -2.30. The molecule has 0 spiro atoms. The lowest BCUT2D eigenvalue weighted by Gasteiger charge is -2.27. The van der Waals surface area contributed by atoms with Crippen LogP contribution in [0.3, 0.4) is 0 Å². The molecule has 0 fully saturated rings. The fourth-order valence-corrected chi connectivity index (χ4v) is 2.10. The highest BCUT2D eigenvalue weighted by Gasteiger charge is 2.09. The molecule has 0 atom stereocenters. The number of carbonyl (C=O) groups is 2. The summed E-state index contributed by atoms with van der Waals surface area (Å²) in [7, 11) is 0. The number of ether oxygens (including phenoxy) is 1. The number of rotatable bonds is 7. The van der Waals surface area contributed by atoms with Gasteiger partial charge in [-0.25, -0.2) is 4.79 Å². The van der Waals surface area contributed by atoms with E-state index in [2.05, 4.69) is 31.0 Å². The molecule has 1 rings (SSSR count). The number of amides is 1. The Labute approximate surface area is 132 Å². The molecule has 22 heavy (non-hydrogen) atoms. The third-order valence-corrected chi connectivity index (χ3v) is 3.10. The van der Waals surface area contributed by atoms with Crippen LogP contribution in [0.2, 0.25) is 0 Å². The van der Waals surface area contributed by atoms with Crippen molar-refractivity contribution in [3.63, 3.8) is 0 Å². The number of nitrogens with one attached hydrogen (secondary N) is 1. The van der Waals surface area contributed by atoms with E-state index in [1.807, 2.05) is 24.3 Å². The molecule has 0 aliphatic rings. The van der Waals surface area contributed by atoms with Gasteiger partial charge < -0.3 is 15.0 Å². The molecule has 0 aromatic heterocycles. The third-order valence-electron chi connectivity index (χ3n) is 3.10. The van der Waals surface area contributed by atoms with Gasteiger partial charge in [-0.05, 0) is 52.0 Å². The molecular formula is C17H24N2O3. The Bertz CT molecular complexity index is 521. The summed E-state index contributed by atoms with van der Waals surface area (Å²) in [6.45, 7) is 8.72. The quantitative estimate of drug-likeness (QED) is 0.621. The highest BCUT2D eigenvalue weighted by Crippen LogP contribution is 2.19. The van der Waals surface area contributed by atoms with Gasteiger partial charge in [0.2, 0.25) is 0 Å². The lowest BCUT2D eigenvalue weighted by atomic mass is 10.2. The summed E-state index contributed by atoms with van der Waals surface area (Å²) in [5, 5.41) is 2.69. The van der Waals surface area contributed by atoms with Gasteiger partial charge in [0.25, 0.3) is 5.91 Å². The topological polar surface area (TPSA) is 58.6 Å². The van der Waals surface area contributed by atoms with Crippen LogP contribution >= 0.6 is 0 Å². The third kappa shape index (κ3) is 5.60. The molecular weight excluding hydrogens is 280 g/mol. The molecule has 0 bridgehead atoms. The van der Waals surface area contributed by atoms with E-state index >= 15 is 0 Å². The molecule has 5 nitrogen and oxygen atoms in total. The molecule has 0 saturated heterocycles. The van der Waals surface area contributed by atoms with E-state index in [1.54, 1.807) is 13.0 Å². The summed E-state index contributed by atoms with van der Waals surface area (Å²) >= 11 is 0. The zero-order valence-corrected chi connectivity index (χ0v) is 13.6. The van der Waals surface area contributed by atoms with E-state index in [9.17, 15) is 9.59 Å². The molecule has 1 aromatic rings. The van der Waals surface area contributed by atoms with Crippen LogP contribution < -0.4 is 10.2 Å². The largest absolute Gasteiger partial charge is 0.452 e. The van der Waals surface area contributed by atoms with Gasteiger partial charge in [-0.15, -0.1) is 0 Å². The van der Waals surface area contributed by atoms with Gasteiger partial charge in [0.1, 0.15) is 0 Å². The van der Waals surface area contributed by atoms with E-state index in [0.29, 0.717) is 11.7 Å². The number of nitrogens with zero attached hydrogens (tertiary/aromatic N) is 1. The van der Waals surface area contributed by atoms with Crippen molar-refractivity contribution in [1.29, 1.82) is 0 Å². The predicted octanol–water partition coefficient (Wildman–Crippen LogP) is 2.98. The first kappa shape index (κ1) is 17.8. The smallest absolute Gasteiger partial charge is 0.330 e. The first-order chi connectivity index (χ1) is 10.5. The second-order valence-electron chi connectivity index (χ2n) is 5.08. The number of anilines is 2. The Morgan fingerprint density at radius 3 is 2.41 bits per heavy atom. The van der Waals surface area contributed by atoms with Gasteiger partial charge in [0, 0.05) is 30.0 Å². The van der Waals surface area contributed by atoms with Crippen LogP contribution in [0.5, 0.6) is 0 Å². The summed E-state index contributed by atoms with van der Waals surface area (Å²) in [5.41, 5.74) is 1.78. The molecule has 1 amide bonds. The Morgan fingerprint density at radius 2 is 1.91 bits per heavy atom. The van der Waals surface area contributed by atoms with Crippen molar-refractivity contribution in [2.75, 3.05) is 23.4 Å². The first-order valence-corrected chi connectivity index (χ1v) is 7.44. The molecule has 0 heterocycles. The highest BCUT2D eigenvalue weighted by molar-refractivity contribution is 5.93. The van der Waals surface area contributed by atoms with Crippen LogP contribution in [-0.2, 0) is 14.3 Å². The molecule has 0 saturated carbocycles. The van der Waals surface area contributed by atoms with E-state index in [-0.39, 0.29) is 12.5 Å². The maximum atomic E-state index is 11.7. The van der Waals surface area contributed by atoms with E-state index in [0.717, 1.165) is 12.2 Å². The van der Waals surface area contributed by atoms with Crippen molar-refractivity contribution in [2.24, 2.45) is 0 Å². The fraction of sp³-hybridized carbons (Fsp3) is 0.412. The van der Waals surface area contributed by atoms with Gasteiger partial charge >= 0.3 is 5.97 Å². The number of benzene rings is 1. The summed E-state index contributed by atoms with van der Waals surface area (Å²) in [4.78, 5) is 25.1. The standard InChI is InChI=1S/C17H24N2O3/c1-5-7-17(21)22-12-16(20)18-14-8-10-15(11-9-14)19(6-2)13(3)4/h5,7-11,13H,6,12H2,1-4H3,(H,18,20)/b7-5+. The molecule has 0 aliphatic heterocycles. The Kier molecular flexibility index (Phi) is 7.16. The van der Waals surface area contributed by atoms with Crippen molar-refractivity contribution >= 4 is 23.3 Å². The van der Waals surface area contributed by atoms with Crippen LogP contribution in [0.4, 0.5) is 11.4 Å². The van der Waals surface area contributed by atoms with Crippen LogP contribution in [-0.4, -0.2) is 31.1 Å². The Balaban J connectivity index is 2.57. The van der Waals surface area contributed by atoms with Gasteiger partial charge in [0.05, 0.1) is 0 Å². The molecule has 1 N–H and O–H groups in total. The van der Waals surface area contributed by atoms with Gasteiger partial charge in [-0.2, -0.15) is 0 Å². The SMILES string of the molecule is C/C=C/C(=O)OCC(=O)Nc1ccc(N(CC)C(C)C)cc1. The minimum atomic E-state index is -0.525. The minimum Gasteiger partial charge on any atom is -0.452 e. The average Bonchev–Trinajstić information content (AvgIpc) is 2.47. The number of esters is 1. The van der Waals surface area contributed by atoms with E-state index in [1.165, 1.54) is 6.08 Å². The monoisotopic (exact) mass is 304 g/mol. The Morgan fingerprint density at radius 1 is 1.27 bits per heavy atom. The second-order valence-corrected chi connectivity index (χ2v) is 5.08. The van der Waals surface area contributed by atoms with Crippen LogP contribution in [0.1, 0.15) is 27.7 Å². The van der Waals surface area contributed by atoms with Crippen molar-refractivity contribution in [3.05, 3.63) is 36.4 Å². The average molecular weight is 304 g/mol. The lowest BCUT2D eigenvalue weighted by molar-refractivity contribution is -0.142. The zero-order valence-electron chi connectivity index (χ0n) is 13.6. The van der Waals surface area contributed by atoms with Crippen molar-refractivity contribution in [3.8, 4) is 0 Å². The summed E-state index contributed by atoms with van der Waals surface area (Å²) in [6, 6.07) is 8.02. The normalized spacial score (nSPS) is 10.8. The first-order valence-electron chi connectivity index (χ1n) is 7.44. The molecule has 0 unspecified atom stereocenters. The summed E-state index contributed by atoms with van der Waals surface area (Å²) in [5.74, 6) is -0.884. The zero-order chi connectivity index (χ0) is 16.5. The van der Waals surface area contributed by atoms with Gasteiger partial charge in [-0.1, -0.05) is 6.08 Å². The molecule has 120 valence electrons. The highest BCUT2D eigenvalue weighted by atomic mass is 16.5. The van der Waals surface area contributed by atoms with Gasteiger partial charge in [0.15, 0.2) is 6.61 Å².